The van der Waals surface area contributed by atoms with Gasteiger partial charge in [-0.1, -0.05) is 0 Å². The summed E-state index contributed by atoms with van der Waals surface area (Å²) in [5.41, 5.74) is 1.31. The maximum absolute atomic E-state index is 12.2. The minimum Gasteiger partial charge on any atom is -0.322 e. The molecule has 1 aromatic carbocycles. The van der Waals surface area contributed by atoms with Gasteiger partial charge in [-0.2, -0.15) is 0 Å². The molecule has 1 amide bonds. The number of rotatable bonds is 3. The summed E-state index contributed by atoms with van der Waals surface area (Å²) in [6.07, 6.45) is 0. The van der Waals surface area contributed by atoms with Gasteiger partial charge in [0.15, 0.2) is 0 Å². The Morgan fingerprint density at radius 1 is 1.32 bits per heavy atom. The minimum absolute atomic E-state index is 0.00620. The highest BCUT2D eigenvalue weighted by atomic mass is 16.7. The second kappa shape index (κ2) is 5.57. The molecule has 0 bridgehead atoms. The molecule has 1 heterocycles. The fourth-order valence-electron chi connectivity index (χ4n) is 1.80. The van der Waals surface area contributed by atoms with Crippen molar-refractivity contribution in [3.8, 4) is 0 Å². The first-order chi connectivity index (χ1) is 10.2. The summed E-state index contributed by atoms with van der Waals surface area (Å²) >= 11 is 0. The molecule has 116 valence electrons. The highest BCUT2D eigenvalue weighted by Crippen LogP contribution is 2.21. The lowest BCUT2D eigenvalue weighted by Gasteiger charge is -2.19. The molecular formula is C14H15N3O5. The molecule has 0 aliphatic rings. The predicted octanol–water partition coefficient (Wildman–Crippen LogP) is 1.90. The summed E-state index contributed by atoms with van der Waals surface area (Å²) in [5.74, 6) is -0.647. The number of nitrogens with zero attached hydrogens (tertiary/aromatic N) is 1. The van der Waals surface area contributed by atoms with E-state index in [4.69, 9.17) is 4.84 Å². The number of aromatic nitrogens is 1. The van der Waals surface area contributed by atoms with Crippen LogP contribution in [0.3, 0.4) is 0 Å². The van der Waals surface area contributed by atoms with Crippen molar-refractivity contribution in [3.05, 3.63) is 50.3 Å². The Hall–Kier alpha value is -2.74. The molecule has 0 aliphatic heterocycles. The van der Waals surface area contributed by atoms with E-state index in [1.807, 2.05) is 0 Å². The van der Waals surface area contributed by atoms with Crippen LogP contribution < -0.4 is 11.0 Å². The van der Waals surface area contributed by atoms with E-state index in [1.165, 1.54) is 18.2 Å². The zero-order valence-corrected chi connectivity index (χ0v) is 12.3. The molecule has 0 saturated carbocycles. The Bertz CT molecular complexity index is 804. The van der Waals surface area contributed by atoms with Crippen LogP contribution in [0, 0.1) is 10.1 Å². The normalized spacial score (nSPS) is 11.4. The quantitative estimate of drug-likeness (QED) is 0.664. The van der Waals surface area contributed by atoms with Gasteiger partial charge >= 0.3 is 0 Å². The Kier molecular flexibility index (Phi) is 3.96. The molecule has 0 saturated heterocycles. The summed E-state index contributed by atoms with van der Waals surface area (Å²) < 4.78 is 0. The molecule has 0 aliphatic carbocycles. The number of hydrogen-bond acceptors (Lipinski definition) is 5. The fourth-order valence-corrected chi connectivity index (χ4v) is 1.80. The molecule has 0 unspecified atom stereocenters. The van der Waals surface area contributed by atoms with Crippen LogP contribution >= 0.6 is 0 Å². The third kappa shape index (κ3) is 3.47. The lowest BCUT2D eigenvalue weighted by molar-refractivity contribution is -0.384. The largest absolute Gasteiger partial charge is 0.322 e. The number of hydrogen-bond donors (Lipinski definition) is 2. The Morgan fingerprint density at radius 3 is 2.59 bits per heavy atom. The van der Waals surface area contributed by atoms with E-state index in [1.54, 1.807) is 20.8 Å². The Morgan fingerprint density at radius 2 is 2.00 bits per heavy atom. The smallest absolute Gasteiger partial charge is 0.275 e. The number of carbonyl (C=O) groups is 1. The van der Waals surface area contributed by atoms with Gasteiger partial charge in [-0.05, 0) is 26.8 Å². The monoisotopic (exact) mass is 305 g/mol. The maximum atomic E-state index is 12.2. The van der Waals surface area contributed by atoms with E-state index in [2.05, 4.69) is 10.5 Å². The van der Waals surface area contributed by atoms with Crippen LogP contribution in [-0.4, -0.2) is 21.4 Å². The van der Waals surface area contributed by atoms with E-state index >= 15 is 0 Å². The van der Waals surface area contributed by atoms with Crippen molar-refractivity contribution in [2.45, 2.75) is 26.4 Å². The van der Waals surface area contributed by atoms with Crippen molar-refractivity contribution in [3.63, 3.8) is 0 Å². The predicted molar refractivity (Wildman–Crippen MR) is 79.5 cm³/mol. The second-order valence-corrected chi connectivity index (χ2v) is 5.68. The van der Waals surface area contributed by atoms with Crippen LogP contribution in [0.1, 0.15) is 31.1 Å². The zero-order valence-electron chi connectivity index (χ0n) is 12.3. The van der Waals surface area contributed by atoms with E-state index in [9.17, 15) is 19.7 Å². The molecule has 2 aromatic rings. The SMILES string of the molecule is CC(C)(C)ONC(=O)c1cc(=O)[nH]c2ccc([N+](=O)[O-])cc12. The molecule has 0 fully saturated rings. The maximum Gasteiger partial charge on any atom is 0.275 e. The molecule has 2 rings (SSSR count). The molecule has 0 atom stereocenters. The van der Waals surface area contributed by atoms with Gasteiger partial charge in [0.2, 0.25) is 5.56 Å². The van der Waals surface area contributed by atoms with Gasteiger partial charge in [0.1, 0.15) is 0 Å². The molecule has 8 nitrogen and oxygen atoms in total. The highest BCUT2D eigenvalue weighted by Gasteiger charge is 2.18. The number of amides is 1. The summed E-state index contributed by atoms with van der Waals surface area (Å²) in [6.45, 7) is 5.23. The van der Waals surface area contributed by atoms with Crippen molar-refractivity contribution in [2.24, 2.45) is 0 Å². The molecule has 2 N–H and O–H groups in total. The molecule has 1 aromatic heterocycles. The number of nitrogens with one attached hydrogen (secondary N) is 2. The number of aromatic amines is 1. The number of nitro benzene ring substituents is 1. The number of nitro groups is 1. The second-order valence-electron chi connectivity index (χ2n) is 5.68. The summed E-state index contributed by atoms with van der Waals surface area (Å²) in [4.78, 5) is 41.8. The van der Waals surface area contributed by atoms with Crippen molar-refractivity contribution in [1.29, 1.82) is 0 Å². The molecular weight excluding hydrogens is 290 g/mol. The fraction of sp³-hybridized carbons (Fsp3) is 0.286. The Labute approximate surface area is 125 Å². The zero-order chi connectivity index (χ0) is 16.5. The van der Waals surface area contributed by atoms with Gasteiger partial charge in [0.05, 0.1) is 16.1 Å². The van der Waals surface area contributed by atoms with Crippen LogP contribution in [0.5, 0.6) is 0 Å². The lowest BCUT2D eigenvalue weighted by Crippen LogP contribution is -2.34. The summed E-state index contributed by atoms with van der Waals surface area (Å²) in [7, 11) is 0. The summed E-state index contributed by atoms with van der Waals surface area (Å²) in [5, 5.41) is 11.1. The van der Waals surface area contributed by atoms with Crippen LogP contribution in [0.25, 0.3) is 10.9 Å². The molecule has 0 radical (unpaired) electrons. The van der Waals surface area contributed by atoms with E-state index < -0.39 is 22.0 Å². The van der Waals surface area contributed by atoms with Gasteiger partial charge in [-0.25, -0.2) is 5.48 Å². The van der Waals surface area contributed by atoms with Gasteiger partial charge in [-0.15, -0.1) is 0 Å². The van der Waals surface area contributed by atoms with E-state index in [0.29, 0.717) is 5.52 Å². The van der Waals surface area contributed by atoms with E-state index in [0.717, 1.165) is 6.07 Å². The number of fused-ring (bicyclic) bond motifs is 1. The van der Waals surface area contributed by atoms with Gasteiger partial charge in [-0.3, -0.25) is 24.5 Å². The van der Waals surface area contributed by atoms with Gasteiger partial charge < -0.3 is 4.98 Å². The number of hydroxylamine groups is 1. The number of H-pyrrole nitrogens is 1. The molecule has 8 heteroatoms. The van der Waals surface area contributed by atoms with Crippen LogP contribution in [-0.2, 0) is 4.84 Å². The minimum atomic E-state index is -0.647. The number of non-ortho nitro benzene ring substituents is 1. The van der Waals surface area contributed by atoms with Crippen molar-refractivity contribution in [1.82, 2.24) is 10.5 Å². The third-order valence-corrected chi connectivity index (χ3v) is 2.73. The van der Waals surface area contributed by atoms with Crippen molar-refractivity contribution >= 4 is 22.5 Å². The molecule has 0 spiro atoms. The highest BCUT2D eigenvalue weighted by molar-refractivity contribution is 6.06. The summed E-state index contributed by atoms with van der Waals surface area (Å²) in [6, 6.07) is 4.95. The third-order valence-electron chi connectivity index (χ3n) is 2.73. The van der Waals surface area contributed by atoms with E-state index in [-0.39, 0.29) is 16.6 Å². The lowest BCUT2D eigenvalue weighted by atomic mass is 10.1. The van der Waals surface area contributed by atoms with Crippen LogP contribution in [0.4, 0.5) is 5.69 Å². The van der Waals surface area contributed by atoms with Gasteiger partial charge in [0, 0.05) is 29.1 Å². The van der Waals surface area contributed by atoms with Crippen LogP contribution in [0.2, 0.25) is 0 Å². The first kappa shape index (κ1) is 15.6. The number of benzene rings is 1. The van der Waals surface area contributed by atoms with Crippen molar-refractivity contribution in [2.75, 3.05) is 0 Å². The first-order valence-electron chi connectivity index (χ1n) is 6.47. The van der Waals surface area contributed by atoms with Gasteiger partial charge in [0.25, 0.3) is 11.6 Å². The average molecular weight is 305 g/mol. The molecule has 22 heavy (non-hydrogen) atoms. The van der Waals surface area contributed by atoms with Crippen molar-refractivity contribution < 1.29 is 14.6 Å². The topological polar surface area (TPSA) is 114 Å². The average Bonchev–Trinajstić information content (AvgIpc) is 2.42. The van der Waals surface area contributed by atoms with Crippen LogP contribution in [0.15, 0.2) is 29.1 Å². The standard InChI is InChI=1S/C14H15N3O5/c1-14(2,3)22-16-13(19)10-7-12(18)15-11-5-4-8(17(20)21)6-9(10)11/h4-7H,1-3H3,(H,15,18)(H,16,19). The Balaban J connectivity index is 2.51. The number of carbonyl (C=O) groups excluding carboxylic acids is 1. The number of pyridine rings is 1. The first-order valence-corrected chi connectivity index (χ1v) is 6.47.